The molecule has 1 rings (SSSR count). The van der Waals surface area contributed by atoms with Gasteiger partial charge in [0.15, 0.2) is 0 Å². The highest BCUT2D eigenvalue weighted by Gasteiger charge is 2.63. The number of hydrogen-bond acceptors (Lipinski definition) is 2. The lowest BCUT2D eigenvalue weighted by atomic mass is 9.50. The Balaban J connectivity index is 2.74. The number of carboxylic acids is 2. The van der Waals surface area contributed by atoms with Gasteiger partial charge < -0.3 is 10.2 Å². The van der Waals surface area contributed by atoms with E-state index < -0.39 is 22.8 Å². The van der Waals surface area contributed by atoms with Gasteiger partial charge in [0, 0.05) is 0 Å². The lowest BCUT2D eigenvalue weighted by Gasteiger charge is -2.51. The lowest BCUT2D eigenvalue weighted by Crippen LogP contribution is -2.57. The SMILES string of the molecule is CCCCCCCCCCC1(C(=O)O)CCCCC1(C(=O)O)C(C)C. The Morgan fingerprint density at radius 2 is 1.36 bits per heavy atom. The molecule has 25 heavy (non-hydrogen) atoms. The molecule has 2 unspecified atom stereocenters. The number of carbonyl (C=O) groups is 2. The van der Waals surface area contributed by atoms with E-state index in [4.69, 9.17) is 0 Å². The summed E-state index contributed by atoms with van der Waals surface area (Å²) in [6.45, 7) is 5.97. The molecule has 4 heteroatoms. The molecule has 0 aromatic heterocycles. The first kappa shape index (κ1) is 22.0. The van der Waals surface area contributed by atoms with Crippen molar-refractivity contribution in [1.82, 2.24) is 0 Å². The van der Waals surface area contributed by atoms with Crippen molar-refractivity contribution in [2.24, 2.45) is 16.7 Å². The van der Waals surface area contributed by atoms with Crippen LogP contribution in [0, 0.1) is 16.7 Å². The van der Waals surface area contributed by atoms with Gasteiger partial charge in [0.1, 0.15) is 0 Å². The Hall–Kier alpha value is -1.06. The van der Waals surface area contributed by atoms with Crippen LogP contribution in [-0.2, 0) is 9.59 Å². The molecule has 2 atom stereocenters. The maximum atomic E-state index is 12.3. The van der Waals surface area contributed by atoms with E-state index in [1.165, 1.54) is 32.1 Å². The zero-order chi connectivity index (χ0) is 18.9. The van der Waals surface area contributed by atoms with Crippen molar-refractivity contribution in [2.45, 2.75) is 104 Å². The molecule has 146 valence electrons. The van der Waals surface area contributed by atoms with Gasteiger partial charge in [-0.2, -0.15) is 0 Å². The van der Waals surface area contributed by atoms with Crippen LogP contribution in [0.25, 0.3) is 0 Å². The first-order valence-corrected chi connectivity index (χ1v) is 10.3. The first-order valence-electron chi connectivity index (χ1n) is 10.3. The third-order valence-electron chi connectivity index (χ3n) is 6.51. The van der Waals surface area contributed by atoms with Gasteiger partial charge in [0.25, 0.3) is 0 Å². The molecule has 1 aliphatic carbocycles. The fourth-order valence-electron chi connectivity index (χ4n) is 5.01. The van der Waals surface area contributed by atoms with Crippen molar-refractivity contribution in [1.29, 1.82) is 0 Å². The average Bonchev–Trinajstić information content (AvgIpc) is 2.56. The second-order valence-corrected chi connectivity index (χ2v) is 8.25. The Bertz CT molecular complexity index is 432. The van der Waals surface area contributed by atoms with Crippen molar-refractivity contribution < 1.29 is 19.8 Å². The van der Waals surface area contributed by atoms with Crippen molar-refractivity contribution in [2.75, 3.05) is 0 Å². The summed E-state index contributed by atoms with van der Waals surface area (Å²) in [6.07, 6.45) is 12.4. The molecule has 0 spiro atoms. The molecule has 1 aliphatic rings. The summed E-state index contributed by atoms with van der Waals surface area (Å²) in [5.41, 5.74) is -2.23. The maximum Gasteiger partial charge on any atom is 0.311 e. The molecular formula is C21H38O4. The van der Waals surface area contributed by atoms with Crippen LogP contribution in [0.1, 0.15) is 104 Å². The second-order valence-electron chi connectivity index (χ2n) is 8.25. The van der Waals surface area contributed by atoms with E-state index in [1.54, 1.807) is 0 Å². The van der Waals surface area contributed by atoms with E-state index in [9.17, 15) is 19.8 Å². The number of unbranched alkanes of at least 4 members (excludes halogenated alkanes) is 7. The van der Waals surface area contributed by atoms with Gasteiger partial charge in [-0.25, -0.2) is 0 Å². The fourth-order valence-corrected chi connectivity index (χ4v) is 5.01. The van der Waals surface area contributed by atoms with E-state index in [0.717, 1.165) is 32.1 Å². The van der Waals surface area contributed by atoms with Crippen LogP contribution in [-0.4, -0.2) is 22.2 Å². The fraction of sp³-hybridized carbons (Fsp3) is 0.905. The van der Waals surface area contributed by atoms with Crippen molar-refractivity contribution >= 4 is 11.9 Å². The minimum absolute atomic E-state index is 0.171. The van der Waals surface area contributed by atoms with Gasteiger partial charge in [0.05, 0.1) is 10.8 Å². The normalized spacial score (nSPS) is 26.7. The van der Waals surface area contributed by atoms with Gasteiger partial charge in [-0.15, -0.1) is 0 Å². The van der Waals surface area contributed by atoms with Crippen LogP contribution in [0.4, 0.5) is 0 Å². The molecule has 0 aromatic carbocycles. The van der Waals surface area contributed by atoms with Crippen LogP contribution in [0.5, 0.6) is 0 Å². The molecule has 0 aromatic rings. The van der Waals surface area contributed by atoms with Gasteiger partial charge in [-0.1, -0.05) is 85.0 Å². The number of rotatable bonds is 12. The van der Waals surface area contributed by atoms with Crippen LogP contribution < -0.4 is 0 Å². The average molecular weight is 355 g/mol. The smallest absolute Gasteiger partial charge is 0.311 e. The minimum atomic E-state index is -1.13. The van der Waals surface area contributed by atoms with E-state index in [0.29, 0.717) is 19.3 Å². The van der Waals surface area contributed by atoms with Crippen LogP contribution in [0.2, 0.25) is 0 Å². The summed E-state index contributed by atoms with van der Waals surface area (Å²) < 4.78 is 0. The Labute approximate surface area is 153 Å². The van der Waals surface area contributed by atoms with Crippen molar-refractivity contribution in [3.63, 3.8) is 0 Å². The largest absolute Gasteiger partial charge is 0.481 e. The van der Waals surface area contributed by atoms with Gasteiger partial charge in [0.2, 0.25) is 0 Å². The standard InChI is InChI=1S/C21H38O4/c1-4-5-6-7-8-9-10-11-14-20(18(22)23)15-12-13-16-21(20,17(2)3)19(24)25/h17H,4-16H2,1-3H3,(H,22,23)(H,24,25). The summed E-state index contributed by atoms with van der Waals surface area (Å²) in [7, 11) is 0. The highest BCUT2D eigenvalue weighted by atomic mass is 16.4. The molecule has 0 saturated heterocycles. The summed E-state index contributed by atoms with van der Waals surface area (Å²) in [5, 5.41) is 20.1. The predicted octanol–water partition coefficient (Wildman–Crippen LogP) is 5.89. The maximum absolute atomic E-state index is 12.3. The Kier molecular flexibility index (Phi) is 8.95. The number of hydrogen-bond donors (Lipinski definition) is 2. The molecule has 0 heterocycles. The molecule has 4 nitrogen and oxygen atoms in total. The number of carboxylic acid groups (broad SMARTS) is 2. The van der Waals surface area contributed by atoms with Gasteiger partial charge in [-0.05, 0) is 25.2 Å². The van der Waals surface area contributed by atoms with E-state index >= 15 is 0 Å². The molecule has 0 aliphatic heterocycles. The molecular weight excluding hydrogens is 316 g/mol. The molecule has 0 bridgehead atoms. The first-order chi connectivity index (χ1) is 11.8. The molecule has 1 saturated carbocycles. The third kappa shape index (κ3) is 4.77. The minimum Gasteiger partial charge on any atom is -0.481 e. The second kappa shape index (κ2) is 10.2. The molecule has 0 amide bonds. The highest BCUT2D eigenvalue weighted by molar-refractivity contribution is 5.87. The summed E-state index contributed by atoms with van der Waals surface area (Å²) >= 11 is 0. The quantitative estimate of drug-likeness (QED) is 0.429. The van der Waals surface area contributed by atoms with Gasteiger partial charge in [-0.3, -0.25) is 9.59 Å². The van der Waals surface area contributed by atoms with Crippen LogP contribution >= 0.6 is 0 Å². The van der Waals surface area contributed by atoms with Gasteiger partial charge >= 0.3 is 11.9 Å². The third-order valence-corrected chi connectivity index (χ3v) is 6.51. The lowest BCUT2D eigenvalue weighted by molar-refractivity contribution is -0.187. The Morgan fingerprint density at radius 3 is 1.84 bits per heavy atom. The van der Waals surface area contributed by atoms with E-state index in [2.05, 4.69) is 6.92 Å². The highest BCUT2D eigenvalue weighted by Crippen LogP contribution is 2.58. The molecule has 0 radical (unpaired) electrons. The molecule has 1 fully saturated rings. The zero-order valence-corrected chi connectivity index (χ0v) is 16.5. The predicted molar refractivity (Wildman–Crippen MR) is 101 cm³/mol. The van der Waals surface area contributed by atoms with Crippen molar-refractivity contribution in [3.05, 3.63) is 0 Å². The van der Waals surface area contributed by atoms with E-state index in [1.807, 2.05) is 13.8 Å². The van der Waals surface area contributed by atoms with E-state index in [-0.39, 0.29) is 5.92 Å². The topological polar surface area (TPSA) is 74.6 Å². The van der Waals surface area contributed by atoms with Crippen molar-refractivity contribution in [3.8, 4) is 0 Å². The van der Waals surface area contributed by atoms with Crippen LogP contribution in [0.15, 0.2) is 0 Å². The summed E-state index contributed by atoms with van der Waals surface area (Å²) in [6, 6.07) is 0. The summed E-state index contributed by atoms with van der Waals surface area (Å²) in [5.74, 6) is -1.98. The van der Waals surface area contributed by atoms with Crippen LogP contribution in [0.3, 0.4) is 0 Å². The Morgan fingerprint density at radius 1 is 0.840 bits per heavy atom. The molecule has 2 N–H and O–H groups in total. The summed E-state index contributed by atoms with van der Waals surface area (Å²) in [4.78, 5) is 24.5. The number of aliphatic carboxylic acids is 2. The monoisotopic (exact) mass is 354 g/mol. The zero-order valence-electron chi connectivity index (χ0n) is 16.5.